The number of nitrogens with zero attached hydrogens (tertiary/aromatic N) is 1. The number of rotatable bonds is 2. The molecule has 6 heteroatoms. The molecular formula is C14H17ClF2N2O. The van der Waals surface area contributed by atoms with Crippen LogP contribution in [0.25, 0.3) is 0 Å². The van der Waals surface area contributed by atoms with E-state index in [0.29, 0.717) is 24.9 Å². The first kappa shape index (κ1) is 15.2. The van der Waals surface area contributed by atoms with Gasteiger partial charge in [0.05, 0.1) is 0 Å². The second-order valence-corrected chi connectivity index (χ2v) is 5.33. The van der Waals surface area contributed by atoms with Gasteiger partial charge in [0.15, 0.2) is 0 Å². The lowest BCUT2D eigenvalue weighted by atomic mass is 10.0. The summed E-state index contributed by atoms with van der Waals surface area (Å²) in [7, 11) is 0. The summed E-state index contributed by atoms with van der Waals surface area (Å²) >= 11 is 0. The molecule has 0 bridgehead atoms. The van der Waals surface area contributed by atoms with E-state index >= 15 is 0 Å². The lowest BCUT2D eigenvalue weighted by Gasteiger charge is -2.24. The molecule has 2 atom stereocenters. The van der Waals surface area contributed by atoms with E-state index in [2.05, 4.69) is 5.32 Å². The molecular weight excluding hydrogens is 286 g/mol. The Morgan fingerprint density at radius 1 is 1.15 bits per heavy atom. The van der Waals surface area contributed by atoms with Gasteiger partial charge in [0.25, 0.3) is 5.91 Å². The molecule has 0 saturated carbocycles. The molecule has 110 valence electrons. The van der Waals surface area contributed by atoms with E-state index in [1.165, 1.54) is 29.2 Å². The normalized spacial score (nSPS) is 25.2. The lowest BCUT2D eigenvalue weighted by molar-refractivity contribution is -0.158. The van der Waals surface area contributed by atoms with Crippen molar-refractivity contribution in [3.05, 3.63) is 35.9 Å². The van der Waals surface area contributed by atoms with Crippen molar-refractivity contribution in [1.29, 1.82) is 0 Å². The van der Waals surface area contributed by atoms with Gasteiger partial charge in [0, 0.05) is 31.7 Å². The van der Waals surface area contributed by atoms with Gasteiger partial charge in [-0.1, -0.05) is 30.3 Å². The molecule has 2 saturated heterocycles. The van der Waals surface area contributed by atoms with Gasteiger partial charge in [0.2, 0.25) is 0 Å². The molecule has 1 amide bonds. The first-order valence-corrected chi connectivity index (χ1v) is 6.52. The molecule has 1 aromatic rings. The maximum atomic E-state index is 14.2. The molecule has 2 aliphatic rings. The predicted octanol–water partition coefficient (Wildman–Crippen LogP) is 1.88. The van der Waals surface area contributed by atoms with E-state index in [1.807, 2.05) is 0 Å². The van der Waals surface area contributed by atoms with Crippen LogP contribution in [-0.4, -0.2) is 37.0 Å². The van der Waals surface area contributed by atoms with Crippen molar-refractivity contribution >= 4 is 18.3 Å². The number of hydrogen-bond donors (Lipinski definition) is 1. The fourth-order valence-corrected chi connectivity index (χ4v) is 2.99. The van der Waals surface area contributed by atoms with Crippen molar-refractivity contribution in [1.82, 2.24) is 10.2 Å². The van der Waals surface area contributed by atoms with E-state index in [-0.39, 0.29) is 18.0 Å². The highest BCUT2D eigenvalue weighted by atomic mass is 35.5. The van der Waals surface area contributed by atoms with Crippen molar-refractivity contribution in [3.63, 3.8) is 0 Å². The molecule has 3 rings (SSSR count). The summed E-state index contributed by atoms with van der Waals surface area (Å²) in [6.45, 7) is 2.54. The van der Waals surface area contributed by atoms with Crippen LogP contribution in [0.15, 0.2) is 30.3 Å². The van der Waals surface area contributed by atoms with Crippen molar-refractivity contribution in [2.45, 2.75) is 5.92 Å². The Morgan fingerprint density at radius 2 is 1.70 bits per heavy atom. The Balaban J connectivity index is 0.00000147. The minimum atomic E-state index is -3.42. The van der Waals surface area contributed by atoms with Crippen LogP contribution in [0.4, 0.5) is 8.78 Å². The number of alkyl halides is 2. The first-order valence-electron chi connectivity index (χ1n) is 6.52. The van der Waals surface area contributed by atoms with Crippen LogP contribution in [0.2, 0.25) is 0 Å². The van der Waals surface area contributed by atoms with E-state index < -0.39 is 11.8 Å². The molecule has 0 unspecified atom stereocenters. The van der Waals surface area contributed by atoms with Crippen LogP contribution < -0.4 is 5.32 Å². The van der Waals surface area contributed by atoms with Crippen molar-refractivity contribution in [2.75, 3.05) is 26.2 Å². The molecule has 0 aromatic heterocycles. The van der Waals surface area contributed by atoms with Gasteiger partial charge in [-0.3, -0.25) is 4.79 Å². The summed E-state index contributed by atoms with van der Waals surface area (Å²) in [5, 5.41) is 3.23. The Hall–Kier alpha value is -1.20. The van der Waals surface area contributed by atoms with Crippen LogP contribution in [0.1, 0.15) is 5.56 Å². The number of fused-ring (bicyclic) bond motifs is 1. The lowest BCUT2D eigenvalue weighted by Crippen LogP contribution is -2.41. The average molecular weight is 303 g/mol. The summed E-state index contributed by atoms with van der Waals surface area (Å²) in [6, 6.07) is 7.32. The number of amides is 1. The smallest absolute Gasteiger partial charge is 0.336 e. The topological polar surface area (TPSA) is 32.3 Å². The quantitative estimate of drug-likeness (QED) is 0.905. The predicted molar refractivity (Wildman–Crippen MR) is 74.0 cm³/mol. The molecule has 0 spiro atoms. The van der Waals surface area contributed by atoms with Crippen LogP contribution in [0, 0.1) is 11.8 Å². The number of likely N-dealkylation sites (tertiary alicyclic amines) is 1. The fourth-order valence-electron chi connectivity index (χ4n) is 2.99. The van der Waals surface area contributed by atoms with Gasteiger partial charge in [-0.15, -0.1) is 12.4 Å². The maximum absolute atomic E-state index is 14.2. The SMILES string of the molecule is Cl.O=C(N1C[C@H]2CNC[C@H]2C1)C(F)(F)c1ccccc1. The molecule has 1 N–H and O–H groups in total. The molecule has 1 aromatic carbocycles. The number of halogens is 3. The van der Waals surface area contributed by atoms with Crippen molar-refractivity contribution in [2.24, 2.45) is 11.8 Å². The monoisotopic (exact) mass is 302 g/mol. The van der Waals surface area contributed by atoms with Gasteiger partial charge in [-0.2, -0.15) is 8.78 Å². The number of carbonyl (C=O) groups excluding carboxylic acids is 1. The third-order valence-corrected chi connectivity index (χ3v) is 4.08. The molecule has 0 aliphatic carbocycles. The zero-order valence-corrected chi connectivity index (χ0v) is 11.7. The van der Waals surface area contributed by atoms with Crippen molar-refractivity contribution < 1.29 is 13.6 Å². The van der Waals surface area contributed by atoms with Gasteiger partial charge in [-0.05, 0) is 11.8 Å². The molecule has 3 nitrogen and oxygen atoms in total. The Morgan fingerprint density at radius 3 is 2.25 bits per heavy atom. The zero-order valence-electron chi connectivity index (χ0n) is 10.9. The standard InChI is InChI=1S/C14H16F2N2O.ClH/c15-14(16,12-4-2-1-3-5-12)13(19)18-8-10-6-17-7-11(10)9-18;/h1-5,10-11,17H,6-9H2;1H/t10-,11+;. The molecule has 2 fully saturated rings. The zero-order chi connectivity index (χ0) is 13.5. The van der Waals surface area contributed by atoms with Crippen LogP contribution >= 0.6 is 12.4 Å². The number of carbonyl (C=O) groups is 1. The third-order valence-electron chi connectivity index (χ3n) is 4.08. The fraction of sp³-hybridized carbons (Fsp3) is 0.500. The van der Waals surface area contributed by atoms with Gasteiger partial charge < -0.3 is 10.2 Å². The molecule has 0 radical (unpaired) electrons. The van der Waals surface area contributed by atoms with E-state index in [4.69, 9.17) is 0 Å². The summed E-state index contributed by atoms with van der Waals surface area (Å²) in [6.07, 6.45) is 0. The highest BCUT2D eigenvalue weighted by molar-refractivity contribution is 5.85. The highest BCUT2D eigenvalue weighted by Gasteiger charge is 2.48. The van der Waals surface area contributed by atoms with Gasteiger partial charge in [-0.25, -0.2) is 0 Å². The maximum Gasteiger partial charge on any atom is 0.349 e. The van der Waals surface area contributed by atoms with Crippen LogP contribution in [0.3, 0.4) is 0 Å². The largest absolute Gasteiger partial charge is 0.349 e. The number of nitrogens with one attached hydrogen (secondary N) is 1. The Kier molecular flexibility index (Phi) is 4.30. The van der Waals surface area contributed by atoms with E-state index in [1.54, 1.807) is 6.07 Å². The first-order chi connectivity index (χ1) is 9.09. The number of hydrogen-bond acceptors (Lipinski definition) is 2. The second-order valence-electron chi connectivity index (χ2n) is 5.33. The Labute approximate surface area is 122 Å². The molecule has 2 aliphatic heterocycles. The summed E-state index contributed by atoms with van der Waals surface area (Å²) in [4.78, 5) is 13.4. The highest BCUT2D eigenvalue weighted by Crippen LogP contribution is 2.34. The Bertz CT molecular complexity index is 471. The minimum absolute atomic E-state index is 0. The molecule has 2 heterocycles. The van der Waals surface area contributed by atoms with Crippen LogP contribution in [-0.2, 0) is 10.7 Å². The summed E-state index contributed by atoms with van der Waals surface area (Å²) in [5.74, 6) is -3.83. The third kappa shape index (κ3) is 2.52. The minimum Gasteiger partial charge on any atom is -0.336 e. The average Bonchev–Trinajstić information content (AvgIpc) is 2.99. The summed E-state index contributed by atoms with van der Waals surface area (Å²) < 4.78 is 28.3. The second kappa shape index (κ2) is 5.66. The van der Waals surface area contributed by atoms with Crippen LogP contribution in [0.5, 0.6) is 0 Å². The van der Waals surface area contributed by atoms with Crippen molar-refractivity contribution in [3.8, 4) is 0 Å². The van der Waals surface area contributed by atoms with Gasteiger partial charge >= 0.3 is 5.92 Å². The van der Waals surface area contributed by atoms with Gasteiger partial charge in [0.1, 0.15) is 0 Å². The summed E-state index contributed by atoms with van der Waals surface area (Å²) in [5.41, 5.74) is -0.227. The van der Waals surface area contributed by atoms with E-state index in [9.17, 15) is 13.6 Å². The molecule has 20 heavy (non-hydrogen) atoms. The van der Waals surface area contributed by atoms with E-state index in [0.717, 1.165) is 13.1 Å². The number of benzene rings is 1.